The Morgan fingerprint density at radius 3 is 2.85 bits per heavy atom. The highest BCUT2D eigenvalue weighted by Gasteiger charge is 2.26. The Hall–Kier alpha value is -3.50. The van der Waals surface area contributed by atoms with Gasteiger partial charge in [-0.15, -0.1) is 0 Å². The number of rotatable bonds is 7. The van der Waals surface area contributed by atoms with E-state index in [1.54, 1.807) is 38.0 Å². The molecule has 0 aromatic carbocycles. The average Bonchev–Trinajstić information content (AvgIpc) is 3.52. The van der Waals surface area contributed by atoms with E-state index in [0.717, 1.165) is 16.8 Å². The van der Waals surface area contributed by atoms with Crippen molar-refractivity contribution in [1.29, 1.82) is 0 Å². The van der Waals surface area contributed by atoms with Crippen LogP contribution in [0.25, 0.3) is 28.2 Å². The molecule has 4 aromatic heterocycles. The molecule has 1 saturated heterocycles. The average molecular weight is 466 g/mol. The minimum atomic E-state index is -0.950. The topological polar surface area (TPSA) is 102 Å². The first-order valence-corrected chi connectivity index (χ1v) is 11.2. The van der Waals surface area contributed by atoms with E-state index in [1.165, 1.54) is 0 Å². The lowest BCUT2D eigenvalue weighted by Gasteiger charge is -2.16. The van der Waals surface area contributed by atoms with Crippen molar-refractivity contribution in [3.63, 3.8) is 0 Å². The summed E-state index contributed by atoms with van der Waals surface area (Å²) in [6.45, 7) is 4.76. The van der Waals surface area contributed by atoms with Crippen molar-refractivity contribution < 1.29 is 14.2 Å². The molecular formula is C24H28FN7O2. The zero-order valence-corrected chi connectivity index (χ0v) is 19.4. The number of methoxy groups -OCH3 is 1. The maximum Gasteiger partial charge on any atom is 0.140 e. The maximum absolute atomic E-state index is 14.0. The molecule has 0 unspecified atom stereocenters. The third kappa shape index (κ3) is 4.46. The van der Waals surface area contributed by atoms with Crippen LogP contribution in [0.2, 0.25) is 0 Å². The molecule has 2 atom stereocenters. The second-order valence-corrected chi connectivity index (χ2v) is 9.20. The maximum atomic E-state index is 14.0. The summed E-state index contributed by atoms with van der Waals surface area (Å²) < 4.78 is 23.3. The van der Waals surface area contributed by atoms with Gasteiger partial charge < -0.3 is 20.5 Å². The minimum Gasteiger partial charge on any atom is -0.496 e. The molecule has 0 amide bonds. The zero-order chi connectivity index (χ0) is 23.9. The van der Waals surface area contributed by atoms with Gasteiger partial charge in [-0.25, -0.2) is 14.4 Å². The Labute approximate surface area is 196 Å². The normalized spacial score (nSPS) is 18.5. The molecule has 34 heavy (non-hydrogen) atoms. The third-order valence-electron chi connectivity index (χ3n) is 5.81. The van der Waals surface area contributed by atoms with Crippen LogP contribution in [0.4, 0.5) is 10.2 Å². The molecule has 1 aliphatic heterocycles. The standard InChI is InChI=1S/C24H28FN7O2/c1-24(2,33)14-31-12-15(8-28-31)16-13-32-20(11-27-23(32)7-21(16)34-3)18-5-4-6-22(29-18)30-19-10-26-9-17(19)25/h4-8,11-13,17,19,26,33H,9-10,14H2,1-3H3,(H,29,30)/t17-,19-/m0/s1. The largest absolute Gasteiger partial charge is 0.496 e. The number of aromatic nitrogens is 5. The van der Waals surface area contributed by atoms with Gasteiger partial charge in [0, 0.05) is 42.7 Å². The molecule has 0 saturated carbocycles. The molecule has 0 spiro atoms. The van der Waals surface area contributed by atoms with Crippen LogP contribution in [0.5, 0.6) is 5.75 Å². The number of halogens is 1. The number of alkyl halides is 1. The monoisotopic (exact) mass is 465 g/mol. The third-order valence-corrected chi connectivity index (χ3v) is 5.81. The highest BCUT2D eigenvalue weighted by Crippen LogP contribution is 2.33. The number of fused-ring (bicyclic) bond motifs is 1. The summed E-state index contributed by atoms with van der Waals surface area (Å²) in [4.78, 5) is 9.25. The van der Waals surface area contributed by atoms with E-state index < -0.39 is 11.8 Å². The highest BCUT2D eigenvalue weighted by atomic mass is 19.1. The predicted molar refractivity (Wildman–Crippen MR) is 128 cm³/mol. The van der Waals surface area contributed by atoms with Gasteiger partial charge in [0.2, 0.25) is 0 Å². The Morgan fingerprint density at radius 2 is 2.12 bits per heavy atom. The molecule has 0 aliphatic carbocycles. The Morgan fingerprint density at radius 1 is 1.26 bits per heavy atom. The molecule has 5 heterocycles. The van der Waals surface area contributed by atoms with Crippen LogP contribution in [0.1, 0.15) is 13.8 Å². The summed E-state index contributed by atoms with van der Waals surface area (Å²) in [6, 6.07) is 7.20. The highest BCUT2D eigenvalue weighted by molar-refractivity contribution is 5.73. The molecule has 178 valence electrons. The SMILES string of the molecule is COc1cc2ncc(-c3cccc(N[C@H]4CNC[C@@H]4F)n3)n2cc1-c1cnn(CC(C)(C)O)c1. The van der Waals surface area contributed by atoms with Crippen LogP contribution in [0.15, 0.2) is 49.1 Å². The van der Waals surface area contributed by atoms with Gasteiger partial charge in [0.15, 0.2) is 0 Å². The summed E-state index contributed by atoms with van der Waals surface area (Å²) in [6.07, 6.45) is 6.38. The number of nitrogens with zero attached hydrogens (tertiary/aromatic N) is 5. The van der Waals surface area contributed by atoms with Crippen molar-refractivity contribution in [2.45, 2.75) is 38.2 Å². The number of anilines is 1. The van der Waals surface area contributed by atoms with Crippen LogP contribution in [-0.4, -0.2) is 67.3 Å². The molecule has 1 fully saturated rings. The molecule has 0 bridgehead atoms. The number of aliphatic hydroxyl groups is 1. The van der Waals surface area contributed by atoms with Crippen molar-refractivity contribution in [3.05, 3.63) is 49.1 Å². The fourth-order valence-corrected chi connectivity index (χ4v) is 4.20. The van der Waals surface area contributed by atoms with E-state index in [2.05, 4.69) is 20.7 Å². The van der Waals surface area contributed by atoms with Crippen molar-refractivity contribution in [2.24, 2.45) is 0 Å². The van der Waals surface area contributed by atoms with Gasteiger partial charge in [0.1, 0.15) is 23.4 Å². The molecule has 5 rings (SSSR count). The summed E-state index contributed by atoms with van der Waals surface area (Å²) in [5, 5.41) is 20.7. The van der Waals surface area contributed by atoms with Crippen LogP contribution < -0.4 is 15.4 Å². The fraction of sp³-hybridized carbons (Fsp3) is 0.375. The van der Waals surface area contributed by atoms with E-state index in [9.17, 15) is 9.50 Å². The second-order valence-electron chi connectivity index (χ2n) is 9.20. The molecule has 1 aliphatic rings. The zero-order valence-electron chi connectivity index (χ0n) is 19.4. The quantitative estimate of drug-likeness (QED) is 0.386. The molecular weight excluding hydrogens is 437 g/mol. The summed E-state index contributed by atoms with van der Waals surface area (Å²) in [7, 11) is 1.62. The Kier molecular flexibility index (Phi) is 5.70. The number of pyridine rings is 2. The lowest BCUT2D eigenvalue weighted by Crippen LogP contribution is -2.29. The Balaban J connectivity index is 1.51. The van der Waals surface area contributed by atoms with E-state index in [1.807, 2.05) is 41.1 Å². The lowest BCUT2D eigenvalue weighted by atomic mass is 10.1. The molecule has 9 nitrogen and oxygen atoms in total. The number of hydrogen-bond acceptors (Lipinski definition) is 7. The van der Waals surface area contributed by atoms with E-state index in [4.69, 9.17) is 9.72 Å². The van der Waals surface area contributed by atoms with Crippen molar-refractivity contribution >= 4 is 11.5 Å². The molecule has 0 radical (unpaired) electrons. The van der Waals surface area contributed by atoms with Crippen LogP contribution in [0.3, 0.4) is 0 Å². The molecule has 3 N–H and O–H groups in total. The van der Waals surface area contributed by atoms with Crippen LogP contribution >= 0.6 is 0 Å². The van der Waals surface area contributed by atoms with Crippen molar-refractivity contribution in [3.8, 4) is 28.3 Å². The first-order valence-electron chi connectivity index (χ1n) is 11.2. The fourth-order valence-electron chi connectivity index (χ4n) is 4.20. The van der Waals surface area contributed by atoms with Crippen LogP contribution in [0, 0.1) is 0 Å². The number of hydrogen-bond donors (Lipinski definition) is 3. The van der Waals surface area contributed by atoms with Crippen LogP contribution in [-0.2, 0) is 6.54 Å². The van der Waals surface area contributed by atoms with Gasteiger partial charge in [0.25, 0.3) is 0 Å². The van der Waals surface area contributed by atoms with Gasteiger partial charge in [-0.3, -0.25) is 9.08 Å². The summed E-state index contributed by atoms with van der Waals surface area (Å²) >= 11 is 0. The van der Waals surface area contributed by atoms with E-state index in [0.29, 0.717) is 42.5 Å². The predicted octanol–water partition coefficient (Wildman–Crippen LogP) is 2.76. The smallest absolute Gasteiger partial charge is 0.140 e. The summed E-state index contributed by atoms with van der Waals surface area (Å²) in [5.41, 5.74) is 3.04. The van der Waals surface area contributed by atoms with E-state index in [-0.39, 0.29) is 6.04 Å². The first kappa shape index (κ1) is 22.3. The van der Waals surface area contributed by atoms with Gasteiger partial charge in [-0.2, -0.15) is 5.10 Å². The van der Waals surface area contributed by atoms with Gasteiger partial charge >= 0.3 is 0 Å². The second kappa shape index (κ2) is 8.69. The molecule has 10 heteroatoms. The van der Waals surface area contributed by atoms with Gasteiger partial charge in [-0.05, 0) is 26.0 Å². The Bertz CT molecular complexity index is 1310. The number of imidazole rings is 1. The number of nitrogens with one attached hydrogen (secondary N) is 2. The van der Waals surface area contributed by atoms with Gasteiger partial charge in [-0.1, -0.05) is 6.07 Å². The first-order chi connectivity index (χ1) is 16.3. The van der Waals surface area contributed by atoms with E-state index >= 15 is 0 Å². The lowest BCUT2D eigenvalue weighted by molar-refractivity contribution is 0.0577. The van der Waals surface area contributed by atoms with Crippen molar-refractivity contribution in [1.82, 2.24) is 29.5 Å². The van der Waals surface area contributed by atoms with Crippen molar-refractivity contribution in [2.75, 3.05) is 25.5 Å². The number of ether oxygens (including phenoxy) is 1. The minimum absolute atomic E-state index is 0.304. The molecule has 4 aromatic rings. The summed E-state index contributed by atoms with van der Waals surface area (Å²) in [5.74, 6) is 1.28. The van der Waals surface area contributed by atoms with Gasteiger partial charge in [0.05, 0.1) is 49.1 Å².